The van der Waals surface area contributed by atoms with Gasteiger partial charge in [-0.05, 0) is 66.1 Å². The van der Waals surface area contributed by atoms with Crippen molar-refractivity contribution in [3.05, 3.63) is 120 Å². The van der Waals surface area contributed by atoms with Crippen LogP contribution in [0.15, 0.2) is 119 Å². The number of ether oxygens (including phenoxy) is 1. The molecule has 0 aromatic heterocycles. The monoisotopic (exact) mass is 468 g/mol. The van der Waals surface area contributed by atoms with Crippen molar-refractivity contribution in [1.29, 1.82) is 0 Å². The minimum atomic E-state index is 0.269. The normalized spacial score (nSPS) is 11.3. The zero-order valence-electron chi connectivity index (χ0n) is 19.2. The molecule has 0 atom stereocenters. The van der Waals surface area contributed by atoms with Crippen molar-refractivity contribution >= 4 is 22.6 Å². The summed E-state index contributed by atoms with van der Waals surface area (Å²) in [5.41, 5.74) is 3.27. The molecular weight excluding hydrogens is 440 g/mol. The molecule has 34 heavy (non-hydrogen) atoms. The maximum absolute atomic E-state index is 9.73. The van der Waals surface area contributed by atoms with Crippen LogP contribution in [0.3, 0.4) is 0 Å². The van der Waals surface area contributed by atoms with Crippen LogP contribution < -0.4 is 4.74 Å². The molecule has 0 radical (unpaired) electrons. The van der Waals surface area contributed by atoms with Crippen LogP contribution in [0.1, 0.15) is 11.1 Å². The Balaban J connectivity index is 1.64. The lowest BCUT2D eigenvalue weighted by Gasteiger charge is -2.26. The molecule has 172 valence electrons. The van der Waals surface area contributed by atoms with E-state index >= 15 is 0 Å². The van der Waals surface area contributed by atoms with Crippen LogP contribution in [0.4, 0.5) is 5.69 Å². The van der Waals surface area contributed by atoms with Crippen molar-refractivity contribution < 1.29 is 9.84 Å². The molecule has 0 amide bonds. The van der Waals surface area contributed by atoms with Gasteiger partial charge in [-0.3, -0.25) is 0 Å². The fraction of sp³-hybridized carbons (Fsp3) is 0.138. The van der Waals surface area contributed by atoms with Crippen molar-refractivity contribution in [1.82, 2.24) is 4.90 Å². The van der Waals surface area contributed by atoms with Crippen molar-refractivity contribution in [3.8, 4) is 11.5 Å². The number of benzene rings is 4. The first-order chi connectivity index (χ1) is 16.7. The van der Waals surface area contributed by atoms with Gasteiger partial charge in [-0.15, -0.1) is 0 Å². The summed E-state index contributed by atoms with van der Waals surface area (Å²) in [5, 5.41) is 10.7. The van der Waals surface area contributed by atoms with Gasteiger partial charge in [-0.2, -0.15) is 0 Å². The SMILES string of the molecule is COc1ccc(CCN(Cc2ccc(O)cc2)C(=Nc2ccccc2)Sc2ccccc2)cc1. The molecule has 0 bridgehead atoms. The second kappa shape index (κ2) is 12.0. The number of methoxy groups -OCH3 is 1. The van der Waals surface area contributed by atoms with Gasteiger partial charge >= 0.3 is 0 Å². The third-order valence-electron chi connectivity index (χ3n) is 5.34. The van der Waals surface area contributed by atoms with Gasteiger partial charge in [0.2, 0.25) is 0 Å². The van der Waals surface area contributed by atoms with E-state index in [0.717, 1.165) is 40.0 Å². The molecular formula is C29H28N2O2S. The molecule has 5 heteroatoms. The van der Waals surface area contributed by atoms with Gasteiger partial charge in [0.25, 0.3) is 0 Å². The van der Waals surface area contributed by atoms with E-state index in [1.54, 1.807) is 31.0 Å². The van der Waals surface area contributed by atoms with E-state index in [2.05, 4.69) is 29.2 Å². The summed E-state index contributed by atoms with van der Waals surface area (Å²) in [6.45, 7) is 1.47. The highest BCUT2D eigenvalue weighted by molar-refractivity contribution is 8.13. The zero-order chi connectivity index (χ0) is 23.6. The standard InChI is InChI=1S/C29H28N2O2S/c1-33-27-18-14-23(15-19-27)20-21-31(22-24-12-16-26(32)17-13-24)29(30-25-8-4-2-5-9-25)34-28-10-6-3-7-11-28/h2-19,32H,20-22H2,1H3. The Morgan fingerprint density at radius 3 is 2.06 bits per heavy atom. The molecule has 4 rings (SSSR count). The van der Waals surface area contributed by atoms with Crippen LogP contribution >= 0.6 is 11.8 Å². The van der Waals surface area contributed by atoms with E-state index in [9.17, 15) is 5.11 Å². The average molecular weight is 469 g/mol. The first-order valence-corrected chi connectivity index (χ1v) is 12.0. The number of nitrogens with zero attached hydrogens (tertiary/aromatic N) is 2. The Morgan fingerprint density at radius 2 is 1.41 bits per heavy atom. The van der Waals surface area contributed by atoms with E-state index in [0.29, 0.717) is 6.54 Å². The second-order valence-corrected chi connectivity index (χ2v) is 8.87. The minimum absolute atomic E-state index is 0.269. The summed E-state index contributed by atoms with van der Waals surface area (Å²) in [5.74, 6) is 1.13. The lowest BCUT2D eigenvalue weighted by Crippen LogP contribution is -2.30. The van der Waals surface area contributed by atoms with E-state index in [-0.39, 0.29) is 5.75 Å². The van der Waals surface area contributed by atoms with Crippen LogP contribution in [0.2, 0.25) is 0 Å². The van der Waals surface area contributed by atoms with E-state index in [1.165, 1.54) is 5.56 Å². The van der Waals surface area contributed by atoms with Gasteiger partial charge in [0, 0.05) is 18.0 Å². The van der Waals surface area contributed by atoms with Crippen LogP contribution in [-0.4, -0.2) is 28.8 Å². The van der Waals surface area contributed by atoms with E-state index in [4.69, 9.17) is 9.73 Å². The number of para-hydroxylation sites is 1. The Kier molecular flexibility index (Phi) is 8.25. The number of rotatable bonds is 8. The summed E-state index contributed by atoms with van der Waals surface area (Å²) in [4.78, 5) is 8.49. The number of aliphatic imine (C=N–C) groups is 1. The molecule has 0 saturated carbocycles. The largest absolute Gasteiger partial charge is 0.508 e. The third kappa shape index (κ3) is 6.90. The molecule has 4 aromatic rings. The maximum Gasteiger partial charge on any atom is 0.169 e. The molecule has 0 saturated heterocycles. The van der Waals surface area contributed by atoms with Crippen molar-refractivity contribution in [2.24, 2.45) is 4.99 Å². The Hall–Kier alpha value is -3.70. The van der Waals surface area contributed by atoms with Gasteiger partial charge < -0.3 is 14.7 Å². The minimum Gasteiger partial charge on any atom is -0.508 e. The number of hydrogen-bond donors (Lipinski definition) is 1. The number of aromatic hydroxyl groups is 1. The molecule has 0 aliphatic heterocycles. The fourth-order valence-corrected chi connectivity index (χ4v) is 4.43. The second-order valence-electron chi connectivity index (χ2n) is 7.83. The molecule has 0 heterocycles. The van der Waals surface area contributed by atoms with Crippen LogP contribution in [0, 0.1) is 0 Å². The van der Waals surface area contributed by atoms with E-state index in [1.807, 2.05) is 72.8 Å². The van der Waals surface area contributed by atoms with Crippen molar-refractivity contribution in [2.75, 3.05) is 13.7 Å². The predicted octanol–water partition coefficient (Wildman–Crippen LogP) is 6.93. The molecule has 4 aromatic carbocycles. The van der Waals surface area contributed by atoms with Gasteiger partial charge in [-0.25, -0.2) is 4.99 Å². The number of thioether (sulfide) groups is 1. The highest BCUT2D eigenvalue weighted by atomic mass is 32.2. The summed E-state index contributed by atoms with van der Waals surface area (Å²) >= 11 is 1.66. The fourth-order valence-electron chi connectivity index (χ4n) is 3.49. The zero-order valence-corrected chi connectivity index (χ0v) is 20.0. The number of amidine groups is 1. The van der Waals surface area contributed by atoms with Crippen LogP contribution in [0.25, 0.3) is 0 Å². The third-order valence-corrected chi connectivity index (χ3v) is 6.38. The van der Waals surface area contributed by atoms with Crippen molar-refractivity contribution in [3.63, 3.8) is 0 Å². The number of phenolic OH excluding ortho intramolecular Hbond substituents is 1. The number of hydrogen-bond acceptors (Lipinski definition) is 4. The average Bonchev–Trinajstić information content (AvgIpc) is 2.89. The smallest absolute Gasteiger partial charge is 0.169 e. The van der Waals surface area contributed by atoms with Crippen LogP contribution in [-0.2, 0) is 13.0 Å². The molecule has 1 N–H and O–H groups in total. The highest BCUT2D eigenvalue weighted by Crippen LogP contribution is 2.26. The van der Waals surface area contributed by atoms with Crippen LogP contribution in [0.5, 0.6) is 11.5 Å². The topological polar surface area (TPSA) is 45.1 Å². The number of phenols is 1. The molecule has 0 aliphatic carbocycles. The van der Waals surface area contributed by atoms with Gasteiger partial charge in [0.1, 0.15) is 11.5 Å². The molecule has 0 spiro atoms. The molecule has 4 nitrogen and oxygen atoms in total. The lowest BCUT2D eigenvalue weighted by atomic mass is 10.1. The van der Waals surface area contributed by atoms with E-state index < -0.39 is 0 Å². The molecule has 0 aliphatic rings. The highest BCUT2D eigenvalue weighted by Gasteiger charge is 2.15. The quantitative estimate of drug-likeness (QED) is 0.173. The summed E-state index contributed by atoms with van der Waals surface area (Å²) in [6.07, 6.45) is 0.866. The summed E-state index contributed by atoms with van der Waals surface area (Å²) in [6, 6.07) is 36.0. The summed E-state index contributed by atoms with van der Waals surface area (Å²) in [7, 11) is 1.68. The predicted molar refractivity (Wildman–Crippen MR) is 141 cm³/mol. The van der Waals surface area contributed by atoms with Gasteiger partial charge in [0.05, 0.1) is 12.8 Å². The Bertz CT molecular complexity index is 1180. The maximum atomic E-state index is 9.73. The van der Waals surface area contributed by atoms with Gasteiger partial charge in [0.15, 0.2) is 5.17 Å². The Morgan fingerprint density at radius 1 is 0.794 bits per heavy atom. The molecule has 0 unspecified atom stereocenters. The first-order valence-electron chi connectivity index (χ1n) is 11.2. The van der Waals surface area contributed by atoms with Crippen molar-refractivity contribution in [2.45, 2.75) is 17.9 Å². The summed E-state index contributed by atoms with van der Waals surface area (Å²) < 4.78 is 5.30. The molecule has 0 fully saturated rings. The lowest BCUT2D eigenvalue weighted by molar-refractivity contribution is 0.413. The van der Waals surface area contributed by atoms with Gasteiger partial charge in [-0.1, -0.05) is 72.4 Å². The first kappa shape index (κ1) is 23.5. The Labute approximate surface area is 205 Å².